The summed E-state index contributed by atoms with van der Waals surface area (Å²) in [5, 5.41) is 10.3. The van der Waals surface area contributed by atoms with Crippen molar-refractivity contribution in [3.8, 4) is 0 Å². The van der Waals surface area contributed by atoms with Crippen molar-refractivity contribution in [3.63, 3.8) is 0 Å². The first-order valence-corrected chi connectivity index (χ1v) is 15.0. The molecule has 0 spiro atoms. The van der Waals surface area contributed by atoms with Gasteiger partial charge >= 0.3 is 0 Å². The van der Waals surface area contributed by atoms with Crippen LogP contribution in [0.5, 0.6) is 0 Å². The van der Waals surface area contributed by atoms with Gasteiger partial charge in [0.05, 0.1) is 19.9 Å². The van der Waals surface area contributed by atoms with Crippen LogP contribution in [0, 0.1) is 11.8 Å². The normalized spacial score (nSPS) is 26.4. The summed E-state index contributed by atoms with van der Waals surface area (Å²) in [5.74, 6) is 1.43. The lowest BCUT2D eigenvalue weighted by atomic mass is 9.81. The number of morpholine rings is 1. The first kappa shape index (κ1) is 31.3. The van der Waals surface area contributed by atoms with E-state index in [-0.39, 0.29) is 29.1 Å². The van der Waals surface area contributed by atoms with E-state index >= 15 is 0 Å². The number of nitrogens with zero attached hydrogens (tertiary/aromatic N) is 4. The van der Waals surface area contributed by atoms with E-state index in [0.29, 0.717) is 12.6 Å². The molecule has 3 saturated heterocycles. The van der Waals surface area contributed by atoms with E-state index in [4.69, 9.17) is 9.47 Å². The largest absolute Gasteiger partial charge is 0.381 e. The van der Waals surface area contributed by atoms with Crippen LogP contribution in [0.25, 0.3) is 0 Å². The van der Waals surface area contributed by atoms with Gasteiger partial charge in [0.1, 0.15) is 12.5 Å². The minimum atomic E-state index is -0.373. The van der Waals surface area contributed by atoms with Gasteiger partial charge in [0.15, 0.2) is 0 Å². The highest BCUT2D eigenvalue weighted by Crippen LogP contribution is 2.36. The highest BCUT2D eigenvalue weighted by atomic mass is 16.5. The minimum Gasteiger partial charge on any atom is -0.381 e. The van der Waals surface area contributed by atoms with Gasteiger partial charge in [-0.1, -0.05) is 0 Å². The zero-order valence-corrected chi connectivity index (χ0v) is 25.8. The van der Waals surface area contributed by atoms with Crippen LogP contribution in [0.3, 0.4) is 0 Å². The monoisotopic (exact) mass is 524 g/mol. The molecule has 7 nitrogen and oxygen atoms in total. The molecule has 3 fully saturated rings. The molecule has 3 rings (SSSR count). The summed E-state index contributed by atoms with van der Waals surface area (Å²) in [6.45, 7) is 29.4. The molecule has 7 heteroatoms. The molecule has 0 amide bonds. The van der Waals surface area contributed by atoms with E-state index in [2.05, 4.69) is 81.9 Å². The number of hydrogen-bond donors (Lipinski definition) is 1. The van der Waals surface area contributed by atoms with E-state index in [1.165, 1.54) is 45.3 Å². The molecular weight excluding hydrogens is 464 g/mol. The lowest BCUT2D eigenvalue weighted by molar-refractivity contribution is -0.199. The van der Waals surface area contributed by atoms with Crippen molar-refractivity contribution < 1.29 is 14.6 Å². The maximum absolute atomic E-state index is 10.3. The Bertz CT molecular complexity index is 699. The van der Waals surface area contributed by atoms with Crippen LogP contribution in [0.4, 0.5) is 0 Å². The SMILES string of the molecule is CC(C)(C)N1CCC(CC(C)(C)N2CCCC(CC(C)(C)N(CO)COC(C)(C)N3CCOCC3)C2)C1. The Morgan fingerprint density at radius 2 is 1.41 bits per heavy atom. The van der Waals surface area contributed by atoms with Crippen molar-refractivity contribution in [2.45, 2.75) is 117 Å². The maximum Gasteiger partial charge on any atom is 0.117 e. The summed E-state index contributed by atoms with van der Waals surface area (Å²) < 4.78 is 11.9. The Kier molecular flexibility index (Phi) is 10.5. The molecule has 218 valence electrons. The van der Waals surface area contributed by atoms with Gasteiger partial charge in [-0.2, -0.15) is 0 Å². The third-order valence-corrected chi connectivity index (χ3v) is 9.56. The van der Waals surface area contributed by atoms with Gasteiger partial charge in [-0.3, -0.25) is 19.6 Å². The van der Waals surface area contributed by atoms with Gasteiger partial charge < -0.3 is 14.6 Å². The number of likely N-dealkylation sites (tertiary alicyclic amines) is 2. The second-order valence-electron chi connectivity index (χ2n) is 14.8. The van der Waals surface area contributed by atoms with Gasteiger partial charge in [0, 0.05) is 42.8 Å². The van der Waals surface area contributed by atoms with E-state index in [9.17, 15) is 5.11 Å². The quantitative estimate of drug-likeness (QED) is 0.401. The van der Waals surface area contributed by atoms with Crippen LogP contribution in [0.2, 0.25) is 0 Å². The van der Waals surface area contributed by atoms with Crippen LogP contribution < -0.4 is 0 Å². The fourth-order valence-corrected chi connectivity index (χ4v) is 6.90. The Morgan fingerprint density at radius 1 is 0.784 bits per heavy atom. The lowest BCUT2D eigenvalue weighted by Gasteiger charge is -2.48. The van der Waals surface area contributed by atoms with Crippen LogP contribution in [-0.4, -0.2) is 113 Å². The van der Waals surface area contributed by atoms with Gasteiger partial charge in [0.2, 0.25) is 0 Å². The first-order chi connectivity index (χ1) is 17.1. The third-order valence-electron chi connectivity index (χ3n) is 9.56. The predicted octanol–water partition coefficient (Wildman–Crippen LogP) is 4.45. The molecule has 0 aromatic carbocycles. The molecule has 0 aromatic heterocycles. The van der Waals surface area contributed by atoms with Crippen LogP contribution in [-0.2, 0) is 9.47 Å². The summed E-state index contributed by atoms with van der Waals surface area (Å²) in [6.07, 6.45) is 6.22. The molecule has 0 radical (unpaired) electrons. The molecule has 0 aliphatic carbocycles. The number of aliphatic hydroxyl groups excluding tert-OH is 1. The average molecular weight is 525 g/mol. The summed E-state index contributed by atoms with van der Waals surface area (Å²) in [5.41, 5.74) is -0.00218. The Hall–Kier alpha value is -0.280. The van der Waals surface area contributed by atoms with E-state index < -0.39 is 0 Å². The van der Waals surface area contributed by atoms with Crippen molar-refractivity contribution >= 4 is 0 Å². The van der Waals surface area contributed by atoms with Gasteiger partial charge in [0.25, 0.3) is 0 Å². The van der Waals surface area contributed by atoms with Crippen LogP contribution in [0.15, 0.2) is 0 Å². The van der Waals surface area contributed by atoms with Crippen molar-refractivity contribution in [1.82, 2.24) is 19.6 Å². The number of piperidine rings is 1. The predicted molar refractivity (Wildman–Crippen MR) is 152 cm³/mol. The van der Waals surface area contributed by atoms with Crippen molar-refractivity contribution in [2.24, 2.45) is 11.8 Å². The number of hydrogen-bond acceptors (Lipinski definition) is 7. The molecule has 0 aromatic rings. The molecule has 2 unspecified atom stereocenters. The number of aliphatic hydroxyl groups is 1. The molecule has 3 aliphatic rings. The van der Waals surface area contributed by atoms with E-state index in [0.717, 1.165) is 45.2 Å². The minimum absolute atomic E-state index is 0.0140. The van der Waals surface area contributed by atoms with Crippen molar-refractivity contribution in [1.29, 1.82) is 0 Å². The van der Waals surface area contributed by atoms with Gasteiger partial charge in [-0.05, 0) is 119 Å². The molecule has 3 heterocycles. The molecule has 0 bridgehead atoms. The summed E-state index contributed by atoms with van der Waals surface area (Å²) >= 11 is 0. The number of rotatable bonds is 11. The number of ether oxygens (including phenoxy) is 2. The third kappa shape index (κ3) is 8.60. The zero-order chi connectivity index (χ0) is 27.5. The van der Waals surface area contributed by atoms with Gasteiger partial charge in [-0.25, -0.2) is 0 Å². The highest BCUT2D eigenvalue weighted by molar-refractivity contribution is 4.94. The van der Waals surface area contributed by atoms with Crippen LogP contribution >= 0.6 is 0 Å². The Morgan fingerprint density at radius 3 is 2.00 bits per heavy atom. The maximum atomic E-state index is 10.3. The molecule has 1 N–H and O–H groups in total. The molecule has 0 saturated carbocycles. The second kappa shape index (κ2) is 12.5. The standard InChI is InChI=1S/C30H60N4O3/c1-27(2,3)32-14-12-26(21-32)20-28(4,5)33-13-10-11-25(22-33)19-29(6,7)34(23-35)24-37-30(8,9)31-15-17-36-18-16-31/h25-26,35H,10-24H2,1-9H3. The van der Waals surface area contributed by atoms with Gasteiger partial charge in [-0.15, -0.1) is 0 Å². The van der Waals surface area contributed by atoms with E-state index in [1.807, 2.05) is 0 Å². The average Bonchev–Trinajstić information content (AvgIpc) is 3.28. The molecular formula is C30H60N4O3. The fraction of sp³-hybridized carbons (Fsp3) is 1.00. The highest BCUT2D eigenvalue weighted by Gasteiger charge is 2.39. The Labute approximate surface area is 228 Å². The zero-order valence-electron chi connectivity index (χ0n) is 25.8. The molecule has 3 aliphatic heterocycles. The van der Waals surface area contributed by atoms with E-state index in [1.54, 1.807) is 0 Å². The Balaban J connectivity index is 1.53. The van der Waals surface area contributed by atoms with Crippen molar-refractivity contribution in [3.05, 3.63) is 0 Å². The second-order valence-corrected chi connectivity index (χ2v) is 14.8. The summed E-state index contributed by atoms with van der Waals surface area (Å²) in [6, 6.07) is 0. The van der Waals surface area contributed by atoms with Crippen molar-refractivity contribution in [2.75, 3.05) is 65.9 Å². The molecule has 37 heavy (non-hydrogen) atoms. The summed E-state index contributed by atoms with van der Waals surface area (Å²) in [7, 11) is 0. The lowest BCUT2D eigenvalue weighted by Crippen LogP contribution is -2.55. The molecule has 2 atom stereocenters. The first-order valence-electron chi connectivity index (χ1n) is 15.0. The van der Waals surface area contributed by atoms with Crippen LogP contribution in [0.1, 0.15) is 94.4 Å². The fourth-order valence-electron chi connectivity index (χ4n) is 6.90. The topological polar surface area (TPSA) is 51.7 Å². The smallest absolute Gasteiger partial charge is 0.117 e. The summed E-state index contributed by atoms with van der Waals surface area (Å²) in [4.78, 5) is 9.89.